The normalized spacial score (nSPS) is 29.2. The molecule has 114 valence electrons. The van der Waals surface area contributed by atoms with E-state index in [1.54, 1.807) is 0 Å². The molecule has 0 aromatic carbocycles. The third kappa shape index (κ3) is 5.07. The first kappa shape index (κ1) is 17.0. The fourth-order valence-corrected chi connectivity index (χ4v) is 2.57. The molecule has 0 N–H and O–H groups in total. The average Bonchev–Trinajstić information content (AvgIpc) is 2.28. The monoisotopic (exact) mass is 270 g/mol. The Kier molecular flexibility index (Phi) is 6.32. The van der Waals surface area contributed by atoms with E-state index in [0.717, 1.165) is 25.7 Å². The molecule has 0 radical (unpaired) electrons. The van der Waals surface area contributed by atoms with Gasteiger partial charge in [-0.3, -0.25) is 0 Å². The first-order valence-corrected chi connectivity index (χ1v) is 8.07. The van der Waals surface area contributed by atoms with Crippen LogP contribution in [0, 0.1) is 17.3 Å². The summed E-state index contributed by atoms with van der Waals surface area (Å²) in [5.74, 6) is 1.26. The third-order valence-corrected chi connectivity index (χ3v) is 4.75. The zero-order valence-electron chi connectivity index (χ0n) is 14.0. The third-order valence-electron chi connectivity index (χ3n) is 4.75. The van der Waals surface area contributed by atoms with E-state index in [-0.39, 0.29) is 6.29 Å². The van der Waals surface area contributed by atoms with Crippen LogP contribution in [0.1, 0.15) is 74.1 Å². The van der Waals surface area contributed by atoms with E-state index in [2.05, 4.69) is 48.5 Å². The molecular formula is C17H34O2. The molecule has 0 amide bonds. The van der Waals surface area contributed by atoms with Crippen LogP contribution in [-0.4, -0.2) is 18.5 Å². The van der Waals surface area contributed by atoms with Crippen LogP contribution < -0.4 is 0 Å². The van der Waals surface area contributed by atoms with Crippen LogP contribution >= 0.6 is 0 Å². The fraction of sp³-hybridized carbons (Fsp3) is 1.00. The van der Waals surface area contributed by atoms with Crippen LogP contribution in [0.2, 0.25) is 0 Å². The van der Waals surface area contributed by atoms with E-state index in [9.17, 15) is 0 Å². The molecule has 2 nitrogen and oxygen atoms in total. The minimum atomic E-state index is 0.0131. The maximum Gasteiger partial charge on any atom is 0.158 e. The Bertz CT molecular complexity index is 258. The van der Waals surface area contributed by atoms with E-state index in [1.165, 1.54) is 0 Å². The van der Waals surface area contributed by atoms with E-state index >= 15 is 0 Å². The van der Waals surface area contributed by atoms with Gasteiger partial charge in [-0.1, -0.05) is 54.9 Å². The van der Waals surface area contributed by atoms with Crippen molar-refractivity contribution in [2.24, 2.45) is 17.3 Å². The summed E-state index contributed by atoms with van der Waals surface area (Å²) in [6.45, 7) is 16.0. The van der Waals surface area contributed by atoms with E-state index in [0.29, 0.717) is 29.5 Å². The number of hydrogen-bond acceptors (Lipinski definition) is 2. The molecule has 0 aromatic heterocycles. The summed E-state index contributed by atoms with van der Waals surface area (Å²) in [5.41, 5.74) is 0.334. The topological polar surface area (TPSA) is 18.5 Å². The Labute approximate surface area is 120 Å². The van der Waals surface area contributed by atoms with Crippen LogP contribution in [0.3, 0.4) is 0 Å². The summed E-state index contributed by atoms with van der Waals surface area (Å²) in [5, 5.41) is 0. The summed E-state index contributed by atoms with van der Waals surface area (Å²) in [6.07, 6.45) is 5.05. The lowest BCUT2D eigenvalue weighted by molar-refractivity contribution is -0.258. The van der Waals surface area contributed by atoms with Gasteiger partial charge in [0.2, 0.25) is 0 Å². The molecule has 3 atom stereocenters. The molecule has 1 fully saturated rings. The van der Waals surface area contributed by atoms with E-state index in [1.807, 2.05) is 0 Å². The molecule has 1 saturated heterocycles. The lowest BCUT2D eigenvalue weighted by Crippen LogP contribution is -2.42. The largest absolute Gasteiger partial charge is 0.349 e. The first-order valence-electron chi connectivity index (χ1n) is 8.07. The zero-order valence-corrected chi connectivity index (χ0v) is 14.0. The molecule has 1 aliphatic heterocycles. The summed E-state index contributed by atoms with van der Waals surface area (Å²) in [7, 11) is 0. The Morgan fingerprint density at radius 3 is 2.21 bits per heavy atom. The van der Waals surface area contributed by atoms with Gasteiger partial charge in [-0.05, 0) is 30.1 Å². The molecule has 1 heterocycles. The summed E-state index contributed by atoms with van der Waals surface area (Å²) >= 11 is 0. The van der Waals surface area contributed by atoms with Crippen molar-refractivity contribution in [3.8, 4) is 0 Å². The molecule has 1 aliphatic rings. The Morgan fingerprint density at radius 2 is 1.74 bits per heavy atom. The van der Waals surface area contributed by atoms with Crippen molar-refractivity contribution >= 4 is 0 Å². The highest BCUT2D eigenvalue weighted by atomic mass is 16.7. The number of rotatable bonds is 6. The van der Waals surface area contributed by atoms with Crippen LogP contribution in [0.15, 0.2) is 0 Å². The Morgan fingerprint density at radius 1 is 1.11 bits per heavy atom. The van der Waals surface area contributed by atoms with E-state index in [4.69, 9.17) is 9.47 Å². The predicted octanol–water partition coefficient (Wildman–Crippen LogP) is 5.02. The van der Waals surface area contributed by atoms with Crippen molar-refractivity contribution in [2.45, 2.75) is 92.6 Å². The zero-order chi connectivity index (χ0) is 14.6. The van der Waals surface area contributed by atoms with Gasteiger partial charge in [0.1, 0.15) is 0 Å². The van der Waals surface area contributed by atoms with Crippen molar-refractivity contribution in [1.82, 2.24) is 0 Å². The SMILES string of the molecule is CCCC1OC(CC(C)(C)C(C)C)CC(C(C)C)O1. The van der Waals surface area contributed by atoms with Crippen molar-refractivity contribution in [2.75, 3.05) is 0 Å². The molecular weight excluding hydrogens is 236 g/mol. The van der Waals surface area contributed by atoms with Gasteiger partial charge in [-0.25, -0.2) is 0 Å². The fourth-order valence-electron chi connectivity index (χ4n) is 2.57. The van der Waals surface area contributed by atoms with Crippen molar-refractivity contribution in [3.05, 3.63) is 0 Å². The van der Waals surface area contributed by atoms with Gasteiger partial charge in [-0.15, -0.1) is 0 Å². The smallest absolute Gasteiger partial charge is 0.158 e. The van der Waals surface area contributed by atoms with Gasteiger partial charge in [0.25, 0.3) is 0 Å². The maximum atomic E-state index is 6.17. The Hall–Kier alpha value is -0.0800. The molecule has 1 rings (SSSR count). The molecule has 3 unspecified atom stereocenters. The highest BCUT2D eigenvalue weighted by Gasteiger charge is 2.35. The molecule has 19 heavy (non-hydrogen) atoms. The van der Waals surface area contributed by atoms with Crippen LogP contribution in [0.4, 0.5) is 0 Å². The van der Waals surface area contributed by atoms with Crippen molar-refractivity contribution < 1.29 is 9.47 Å². The summed E-state index contributed by atoms with van der Waals surface area (Å²) in [6, 6.07) is 0. The quantitative estimate of drug-likeness (QED) is 0.675. The molecule has 0 aromatic rings. The molecule has 0 bridgehead atoms. The van der Waals surface area contributed by atoms with Gasteiger partial charge in [-0.2, -0.15) is 0 Å². The van der Waals surface area contributed by atoms with Gasteiger partial charge in [0.05, 0.1) is 12.2 Å². The van der Waals surface area contributed by atoms with Crippen LogP contribution in [-0.2, 0) is 9.47 Å². The van der Waals surface area contributed by atoms with Crippen molar-refractivity contribution in [3.63, 3.8) is 0 Å². The van der Waals surface area contributed by atoms with Crippen molar-refractivity contribution in [1.29, 1.82) is 0 Å². The second kappa shape index (κ2) is 7.08. The van der Waals surface area contributed by atoms with Gasteiger partial charge in [0.15, 0.2) is 6.29 Å². The molecule has 0 aliphatic carbocycles. The highest BCUT2D eigenvalue weighted by molar-refractivity contribution is 4.82. The second-order valence-corrected chi connectivity index (χ2v) is 7.48. The number of ether oxygens (including phenoxy) is 2. The first-order chi connectivity index (χ1) is 8.76. The second-order valence-electron chi connectivity index (χ2n) is 7.48. The Balaban J connectivity index is 2.66. The van der Waals surface area contributed by atoms with Crippen LogP contribution in [0.25, 0.3) is 0 Å². The standard InChI is InChI=1S/C17H34O2/c1-8-9-16-18-14(10-15(19-16)12(2)3)11-17(6,7)13(4)5/h12-16H,8-11H2,1-7H3. The lowest BCUT2D eigenvalue weighted by Gasteiger charge is -2.41. The highest BCUT2D eigenvalue weighted by Crippen LogP contribution is 2.37. The minimum absolute atomic E-state index is 0.0131. The summed E-state index contributed by atoms with van der Waals surface area (Å²) in [4.78, 5) is 0. The number of hydrogen-bond donors (Lipinski definition) is 0. The van der Waals surface area contributed by atoms with Gasteiger partial charge < -0.3 is 9.47 Å². The average molecular weight is 270 g/mol. The maximum absolute atomic E-state index is 6.17. The van der Waals surface area contributed by atoms with E-state index < -0.39 is 0 Å². The van der Waals surface area contributed by atoms with Crippen LogP contribution in [0.5, 0.6) is 0 Å². The van der Waals surface area contributed by atoms with Gasteiger partial charge >= 0.3 is 0 Å². The van der Waals surface area contributed by atoms with Gasteiger partial charge in [0, 0.05) is 6.42 Å². The minimum Gasteiger partial charge on any atom is -0.349 e. The lowest BCUT2D eigenvalue weighted by atomic mass is 9.75. The molecule has 0 spiro atoms. The molecule has 2 heteroatoms. The summed E-state index contributed by atoms with van der Waals surface area (Å²) < 4.78 is 12.2. The molecule has 0 saturated carbocycles. The predicted molar refractivity (Wildman–Crippen MR) is 81.1 cm³/mol.